The van der Waals surface area contributed by atoms with Crippen LogP contribution in [0.4, 0.5) is 0 Å². The molecule has 2 rings (SSSR count). The number of rotatable bonds is 3. The Morgan fingerprint density at radius 3 is 2.50 bits per heavy atom. The topological polar surface area (TPSA) is 49.5 Å². The summed E-state index contributed by atoms with van der Waals surface area (Å²) in [5.41, 5.74) is 6.27. The minimum atomic E-state index is -0.135. The van der Waals surface area contributed by atoms with Gasteiger partial charge in [-0.25, -0.2) is 0 Å². The zero-order valence-electron chi connectivity index (χ0n) is 12.0. The number of nitrogens with two attached hydrogens (primary N) is 1. The lowest BCUT2D eigenvalue weighted by atomic mass is 9.78. The van der Waals surface area contributed by atoms with Crippen molar-refractivity contribution in [3.63, 3.8) is 0 Å². The molecule has 0 bridgehead atoms. The normalized spacial score (nSPS) is 37.7. The van der Waals surface area contributed by atoms with Gasteiger partial charge in [-0.05, 0) is 69.9 Å². The van der Waals surface area contributed by atoms with E-state index in [0.717, 1.165) is 31.8 Å². The summed E-state index contributed by atoms with van der Waals surface area (Å²) in [5.74, 6) is 2.06. The molecule has 4 atom stereocenters. The highest BCUT2D eigenvalue weighted by atomic mass is 16.3. The predicted molar refractivity (Wildman–Crippen MR) is 75.3 cm³/mol. The Hall–Kier alpha value is -0.120. The van der Waals surface area contributed by atoms with Crippen molar-refractivity contribution in [1.82, 2.24) is 4.90 Å². The summed E-state index contributed by atoms with van der Waals surface area (Å²) in [6.45, 7) is 7.76. The molecular weight excluding hydrogens is 224 g/mol. The van der Waals surface area contributed by atoms with Gasteiger partial charge in [0.1, 0.15) is 0 Å². The Balaban J connectivity index is 1.77. The van der Waals surface area contributed by atoms with Crippen LogP contribution in [0.5, 0.6) is 0 Å². The largest absolute Gasteiger partial charge is 0.393 e. The monoisotopic (exact) mass is 254 g/mol. The zero-order chi connectivity index (χ0) is 13.1. The fourth-order valence-electron chi connectivity index (χ4n) is 3.68. The van der Waals surface area contributed by atoms with E-state index in [1.807, 2.05) is 6.92 Å². The molecule has 1 heterocycles. The van der Waals surface area contributed by atoms with Gasteiger partial charge in [0.2, 0.25) is 0 Å². The smallest absolute Gasteiger partial charge is 0.0541 e. The van der Waals surface area contributed by atoms with E-state index in [1.54, 1.807) is 0 Å². The average molecular weight is 254 g/mol. The van der Waals surface area contributed by atoms with Gasteiger partial charge in [0.05, 0.1) is 6.10 Å². The Morgan fingerprint density at radius 1 is 1.22 bits per heavy atom. The number of likely N-dealkylation sites (tertiary alicyclic amines) is 1. The number of piperidine rings is 1. The molecule has 1 saturated carbocycles. The van der Waals surface area contributed by atoms with Crippen LogP contribution in [0.3, 0.4) is 0 Å². The minimum absolute atomic E-state index is 0.135. The zero-order valence-corrected chi connectivity index (χ0v) is 12.0. The number of aliphatic hydroxyl groups is 1. The van der Waals surface area contributed by atoms with Crippen LogP contribution >= 0.6 is 0 Å². The molecule has 1 aliphatic heterocycles. The molecule has 3 nitrogen and oxygen atoms in total. The van der Waals surface area contributed by atoms with Crippen LogP contribution in [0, 0.1) is 17.8 Å². The van der Waals surface area contributed by atoms with E-state index in [1.165, 1.54) is 25.8 Å². The molecule has 106 valence electrons. The third-order valence-electron chi connectivity index (χ3n) is 5.11. The molecule has 2 aliphatic rings. The van der Waals surface area contributed by atoms with Gasteiger partial charge in [0.25, 0.3) is 0 Å². The Labute approximate surface area is 112 Å². The maximum Gasteiger partial charge on any atom is 0.0541 e. The number of hydrogen-bond acceptors (Lipinski definition) is 3. The maximum absolute atomic E-state index is 9.62. The number of nitrogens with zero attached hydrogens (tertiary/aromatic N) is 1. The van der Waals surface area contributed by atoms with Gasteiger partial charge in [0.15, 0.2) is 0 Å². The summed E-state index contributed by atoms with van der Waals surface area (Å²) in [4.78, 5) is 2.57. The second-order valence-electron chi connectivity index (χ2n) is 6.72. The van der Waals surface area contributed by atoms with Crippen LogP contribution in [0.2, 0.25) is 0 Å². The summed E-state index contributed by atoms with van der Waals surface area (Å²) in [6, 6.07) is 0.413. The van der Waals surface area contributed by atoms with Gasteiger partial charge >= 0.3 is 0 Å². The Morgan fingerprint density at radius 2 is 1.89 bits per heavy atom. The molecule has 3 heteroatoms. The van der Waals surface area contributed by atoms with Gasteiger partial charge in [0, 0.05) is 12.6 Å². The molecule has 1 saturated heterocycles. The quantitative estimate of drug-likeness (QED) is 0.808. The highest BCUT2D eigenvalue weighted by molar-refractivity contribution is 4.85. The van der Waals surface area contributed by atoms with Gasteiger partial charge in [-0.15, -0.1) is 0 Å². The standard InChI is InChI=1S/C15H30N2O/c1-11-3-4-15(16)14(9-11)10-17-7-5-13(6-8-17)12(2)18/h11-15,18H,3-10,16H2,1-2H3. The second-order valence-corrected chi connectivity index (χ2v) is 6.72. The summed E-state index contributed by atoms with van der Waals surface area (Å²) >= 11 is 0. The molecular formula is C15H30N2O. The van der Waals surface area contributed by atoms with E-state index in [-0.39, 0.29) is 6.10 Å². The van der Waals surface area contributed by atoms with Crippen LogP contribution in [0.1, 0.15) is 46.0 Å². The molecule has 2 fully saturated rings. The van der Waals surface area contributed by atoms with Gasteiger partial charge in [-0.2, -0.15) is 0 Å². The second kappa shape index (κ2) is 6.36. The van der Waals surface area contributed by atoms with E-state index >= 15 is 0 Å². The first-order chi connectivity index (χ1) is 8.56. The number of hydrogen-bond donors (Lipinski definition) is 2. The first kappa shape index (κ1) is 14.3. The van der Waals surface area contributed by atoms with Crippen molar-refractivity contribution >= 4 is 0 Å². The van der Waals surface area contributed by atoms with Gasteiger partial charge in [-0.3, -0.25) is 0 Å². The van der Waals surface area contributed by atoms with Crippen molar-refractivity contribution in [2.75, 3.05) is 19.6 Å². The van der Waals surface area contributed by atoms with Crippen molar-refractivity contribution in [3.8, 4) is 0 Å². The van der Waals surface area contributed by atoms with Crippen molar-refractivity contribution in [2.24, 2.45) is 23.5 Å². The van der Waals surface area contributed by atoms with E-state index in [4.69, 9.17) is 5.73 Å². The molecule has 4 unspecified atom stereocenters. The molecule has 0 amide bonds. The molecule has 0 aromatic heterocycles. The van der Waals surface area contributed by atoms with Gasteiger partial charge < -0.3 is 15.7 Å². The lowest BCUT2D eigenvalue weighted by Gasteiger charge is -2.39. The fraction of sp³-hybridized carbons (Fsp3) is 1.00. The third kappa shape index (κ3) is 3.69. The van der Waals surface area contributed by atoms with Crippen molar-refractivity contribution in [2.45, 2.75) is 58.1 Å². The van der Waals surface area contributed by atoms with Crippen LogP contribution in [0.25, 0.3) is 0 Å². The highest BCUT2D eigenvalue weighted by Gasteiger charge is 2.29. The first-order valence-electron chi connectivity index (χ1n) is 7.72. The summed E-state index contributed by atoms with van der Waals surface area (Å²) in [7, 11) is 0. The predicted octanol–water partition coefficient (Wildman–Crippen LogP) is 1.84. The summed E-state index contributed by atoms with van der Waals surface area (Å²) < 4.78 is 0. The van der Waals surface area contributed by atoms with Crippen LogP contribution in [-0.4, -0.2) is 41.8 Å². The molecule has 1 aliphatic carbocycles. The van der Waals surface area contributed by atoms with Crippen LogP contribution < -0.4 is 5.73 Å². The van der Waals surface area contributed by atoms with Crippen molar-refractivity contribution in [1.29, 1.82) is 0 Å². The lowest BCUT2D eigenvalue weighted by molar-refractivity contribution is 0.0595. The summed E-state index contributed by atoms with van der Waals surface area (Å²) in [5, 5.41) is 9.62. The van der Waals surface area contributed by atoms with Crippen molar-refractivity contribution < 1.29 is 5.11 Å². The lowest BCUT2D eigenvalue weighted by Crippen LogP contribution is -2.45. The van der Waals surface area contributed by atoms with Crippen LogP contribution in [0.15, 0.2) is 0 Å². The third-order valence-corrected chi connectivity index (χ3v) is 5.11. The molecule has 0 aromatic carbocycles. The molecule has 0 aromatic rings. The number of aliphatic hydroxyl groups excluding tert-OH is 1. The minimum Gasteiger partial charge on any atom is -0.393 e. The Bertz CT molecular complexity index is 249. The van der Waals surface area contributed by atoms with E-state index in [2.05, 4.69) is 11.8 Å². The van der Waals surface area contributed by atoms with Crippen molar-refractivity contribution in [3.05, 3.63) is 0 Å². The highest BCUT2D eigenvalue weighted by Crippen LogP contribution is 2.30. The molecule has 0 spiro atoms. The Kier molecular flexibility index (Phi) is 5.05. The molecule has 0 radical (unpaired) electrons. The first-order valence-corrected chi connectivity index (χ1v) is 7.72. The van der Waals surface area contributed by atoms with Crippen LogP contribution in [-0.2, 0) is 0 Å². The molecule has 18 heavy (non-hydrogen) atoms. The maximum atomic E-state index is 9.62. The van der Waals surface area contributed by atoms with E-state index in [0.29, 0.717) is 17.9 Å². The van der Waals surface area contributed by atoms with Gasteiger partial charge in [-0.1, -0.05) is 6.92 Å². The summed E-state index contributed by atoms with van der Waals surface area (Å²) in [6.07, 6.45) is 5.98. The average Bonchev–Trinajstić information content (AvgIpc) is 2.34. The van der Waals surface area contributed by atoms with E-state index in [9.17, 15) is 5.11 Å². The fourth-order valence-corrected chi connectivity index (χ4v) is 3.68. The van der Waals surface area contributed by atoms with E-state index < -0.39 is 0 Å². The molecule has 3 N–H and O–H groups in total. The SMILES string of the molecule is CC1CCC(N)C(CN2CCC(C(C)O)CC2)C1.